The molecule has 0 atom stereocenters. The minimum Gasteiger partial charge on any atom is -0.305 e. The van der Waals surface area contributed by atoms with Gasteiger partial charge >= 0.3 is 6.18 Å². The molecule has 0 aliphatic heterocycles. The molecular weight excluding hydrogens is 283 g/mol. The number of amides is 1. The molecule has 0 aliphatic carbocycles. The number of nitrogens with one attached hydrogen (secondary N) is 2. The number of hydrogen-bond donors (Lipinski definition) is 2. The number of nitrogens with zero attached hydrogens (tertiary/aromatic N) is 1. The van der Waals surface area contributed by atoms with Crippen LogP contribution in [0.1, 0.15) is 35.0 Å². The average molecular weight is 297 g/mol. The lowest BCUT2D eigenvalue weighted by Gasteiger charge is -2.11. The van der Waals surface area contributed by atoms with Crippen molar-refractivity contribution in [2.75, 3.05) is 5.32 Å². The number of benzene rings is 1. The predicted octanol–water partition coefficient (Wildman–Crippen LogP) is 3.63. The highest BCUT2D eigenvalue weighted by molar-refractivity contribution is 6.04. The number of hydrogen-bond acceptors (Lipinski definition) is 2. The van der Waals surface area contributed by atoms with Gasteiger partial charge in [0.25, 0.3) is 5.91 Å². The van der Waals surface area contributed by atoms with Gasteiger partial charge in [-0.25, -0.2) is 0 Å². The van der Waals surface area contributed by atoms with E-state index in [9.17, 15) is 18.0 Å². The molecule has 1 amide bonds. The Hall–Kier alpha value is -2.31. The van der Waals surface area contributed by atoms with Crippen LogP contribution >= 0.6 is 0 Å². The van der Waals surface area contributed by atoms with Crippen LogP contribution in [0.3, 0.4) is 0 Å². The molecule has 0 spiro atoms. The van der Waals surface area contributed by atoms with Gasteiger partial charge in [0.2, 0.25) is 0 Å². The predicted molar refractivity (Wildman–Crippen MR) is 72.0 cm³/mol. The van der Waals surface area contributed by atoms with Crippen LogP contribution in [0.4, 0.5) is 19.0 Å². The Morgan fingerprint density at radius 3 is 2.71 bits per heavy atom. The average Bonchev–Trinajstić information content (AvgIpc) is 2.85. The lowest BCUT2D eigenvalue weighted by Crippen LogP contribution is -2.18. The molecule has 1 aromatic carbocycles. The normalized spacial score (nSPS) is 11.4. The molecule has 0 saturated carbocycles. The number of alkyl halides is 3. The SMILES string of the molecule is CCCc1cc(NC(=O)c2ccccc2C(F)(F)F)n[nH]1. The second kappa shape index (κ2) is 5.99. The molecule has 0 saturated heterocycles. The first kappa shape index (κ1) is 15.1. The molecule has 1 aromatic heterocycles. The number of anilines is 1. The highest BCUT2D eigenvalue weighted by Crippen LogP contribution is 2.32. The molecule has 0 radical (unpaired) electrons. The van der Waals surface area contributed by atoms with E-state index in [0.717, 1.165) is 30.7 Å². The number of rotatable bonds is 4. The Labute approximate surface area is 119 Å². The summed E-state index contributed by atoms with van der Waals surface area (Å²) in [7, 11) is 0. The third kappa shape index (κ3) is 3.62. The molecule has 112 valence electrons. The van der Waals surface area contributed by atoms with E-state index in [0.29, 0.717) is 0 Å². The molecule has 0 fully saturated rings. The number of carbonyl (C=O) groups excluding carboxylic acids is 1. The molecule has 0 bridgehead atoms. The molecule has 0 unspecified atom stereocenters. The smallest absolute Gasteiger partial charge is 0.305 e. The van der Waals surface area contributed by atoms with Gasteiger partial charge in [0.05, 0.1) is 11.1 Å². The van der Waals surface area contributed by atoms with Crippen molar-refractivity contribution < 1.29 is 18.0 Å². The molecule has 4 nitrogen and oxygen atoms in total. The van der Waals surface area contributed by atoms with Crippen molar-refractivity contribution in [1.82, 2.24) is 10.2 Å². The van der Waals surface area contributed by atoms with Crippen molar-refractivity contribution >= 4 is 11.7 Å². The first-order valence-electron chi connectivity index (χ1n) is 6.43. The summed E-state index contributed by atoms with van der Waals surface area (Å²) < 4.78 is 38.6. The zero-order valence-electron chi connectivity index (χ0n) is 11.3. The first-order valence-corrected chi connectivity index (χ1v) is 6.43. The van der Waals surface area contributed by atoms with Gasteiger partial charge in [0, 0.05) is 11.8 Å². The third-order valence-corrected chi connectivity index (χ3v) is 2.87. The molecule has 7 heteroatoms. The summed E-state index contributed by atoms with van der Waals surface area (Å²) in [6, 6.07) is 6.25. The van der Waals surface area contributed by atoms with Crippen molar-refractivity contribution in [2.24, 2.45) is 0 Å². The van der Waals surface area contributed by atoms with Gasteiger partial charge in [-0.1, -0.05) is 25.5 Å². The molecule has 2 aromatic rings. The zero-order chi connectivity index (χ0) is 15.5. The minimum absolute atomic E-state index is 0.209. The molecule has 1 heterocycles. The van der Waals surface area contributed by atoms with Gasteiger partial charge in [-0.2, -0.15) is 18.3 Å². The van der Waals surface area contributed by atoms with Crippen LogP contribution in [0, 0.1) is 0 Å². The van der Waals surface area contributed by atoms with Crippen LogP contribution in [0.5, 0.6) is 0 Å². The van der Waals surface area contributed by atoms with E-state index < -0.39 is 23.2 Å². The Balaban J connectivity index is 2.20. The fourth-order valence-corrected chi connectivity index (χ4v) is 1.94. The van der Waals surface area contributed by atoms with E-state index in [-0.39, 0.29) is 5.82 Å². The van der Waals surface area contributed by atoms with Gasteiger partial charge in [-0.3, -0.25) is 9.89 Å². The van der Waals surface area contributed by atoms with Crippen LogP contribution < -0.4 is 5.32 Å². The summed E-state index contributed by atoms with van der Waals surface area (Å²) in [4.78, 5) is 12.0. The second-order valence-corrected chi connectivity index (χ2v) is 4.53. The van der Waals surface area contributed by atoms with Crippen molar-refractivity contribution in [1.29, 1.82) is 0 Å². The van der Waals surface area contributed by atoms with Crippen molar-refractivity contribution in [3.05, 3.63) is 47.2 Å². The monoisotopic (exact) mass is 297 g/mol. The van der Waals surface area contributed by atoms with E-state index in [4.69, 9.17) is 0 Å². The van der Waals surface area contributed by atoms with Gasteiger partial charge in [0.15, 0.2) is 5.82 Å². The van der Waals surface area contributed by atoms with Crippen LogP contribution in [0.25, 0.3) is 0 Å². The summed E-state index contributed by atoms with van der Waals surface area (Å²) in [5, 5.41) is 8.94. The molecular formula is C14H14F3N3O. The lowest BCUT2D eigenvalue weighted by atomic mass is 10.1. The number of H-pyrrole nitrogens is 1. The molecule has 0 aliphatic rings. The van der Waals surface area contributed by atoms with Crippen molar-refractivity contribution in [2.45, 2.75) is 25.9 Å². The fraction of sp³-hybridized carbons (Fsp3) is 0.286. The summed E-state index contributed by atoms with van der Waals surface area (Å²) in [5.41, 5.74) is -0.575. The van der Waals surface area contributed by atoms with Crippen LogP contribution in [-0.2, 0) is 12.6 Å². The maximum Gasteiger partial charge on any atom is 0.417 e. The topological polar surface area (TPSA) is 57.8 Å². The molecule has 2 rings (SSSR count). The quantitative estimate of drug-likeness (QED) is 0.905. The standard InChI is InChI=1S/C14H14F3N3O/c1-2-5-9-8-12(20-19-9)18-13(21)10-6-3-4-7-11(10)14(15,16)17/h3-4,6-8H,2,5H2,1H3,(H2,18,19,20,21). The minimum atomic E-state index is -4.58. The second-order valence-electron chi connectivity index (χ2n) is 4.53. The van der Waals surface area contributed by atoms with E-state index >= 15 is 0 Å². The first-order chi connectivity index (χ1) is 9.91. The number of halogens is 3. The van der Waals surface area contributed by atoms with Gasteiger partial charge in [-0.05, 0) is 18.6 Å². The van der Waals surface area contributed by atoms with Gasteiger partial charge in [-0.15, -0.1) is 0 Å². The van der Waals surface area contributed by atoms with Crippen LogP contribution in [0.2, 0.25) is 0 Å². The highest BCUT2D eigenvalue weighted by atomic mass is 19.4. The Morgan fingerprint density at radius 2 is 2.05 bits per heavy atom. The Kier molecular flexibility index (Phi) is 4.30. The number of aryl methyl sites for hydroxylation is 1. The van der Waals surface area contributed by atoms with Gasteiger partial charge < -0.3 is 5.32 Å². The van der Waals surface area contributed by atoms with Crippen LogP contribution in [0.15, 0.2) is 30.3 Å². The van der Waals surface area contributed by atoms with E-state index in [1.807, 2.05) is 6.92 Å². The number of aromatic nitrogens is 2. The molecule has 2 N–H and O–H groups in total. The summed E-state index contributed by atoms with van der Waals surface area (Å²) in [6.45, 7) is 1.98. The maximum atomic E-state index is 12.9. The highest BCUT2D eigenvalue weighted by Gasteiger charge is 2.34. The number of carbonyl (C=O) groups is 1. The van der Waals surface area contributed by atoms with Gasteiger partial charge in [0.1, 0.15) is 0 Å². The molecule has 21 heavy (non-hydrogen) atoms. The van der Waals surface area contributed by atoms with E-state index in [1.165, 1.54) is 12.1 Å². The lowest BCUT2D eigenvalue weighted by molar-refractivity contribution is -0.137. The van der Waals surface area contributed by atoms with E-state index in [1.54, 1.807) is 6.07 Å². The Morgan fingerprint density at radius 1 is 1.33 bits per heavy atom. The fourth-order valence-electron chi connectivity index (χ4n) is 1.94. The largest absolute Gasteiger partial charge is 0.417 e. The third-order valence-electron chi connectivity index (χ3n) is 2.87. The summed E-state index contributed by atoms with van der Waals surface area (Å²) >= 11 is 0. The van der Waals surface area contributed by atoms with Crippen molar-refractivity contribution in [3.8, 4) is 0 Å². The Bertz CT molecular complexity index is 634. The van der Waals surface area contributed by atoms with Crippen LogP contribution in [-0.4, -0.2) is 16.1 Å². The zero-order valence-corrected chi connectivity index (χ0v) is 11.3. The van der Waals surface area contributed by atoms with E-state index in [2.05, 4.69) is 15.5 Å². The summed E-state index contributed by atoms with van der Waals surface area (Å²) in [5.74, 6) is -0.627. The number of aromatic amines is 1. The summed E-state index contributed by atoms with van der Waals surface area (Å²) in [6.07, 6.45) is -2.93. The van der Waals surface area contributed by atoms with Crippen molar-refractivity contribution in [3.63, 3.8) is 0 Å². The maximum absolute atomic E-state index is 12.9.